The van der Waals surface area contributed by atoms with Crippen LogP contribution in [-0.4, -0.2) is 44.9 Å². The Kier molecular flexibility index (Phi) is 7.33. The van der Waals surface area contributed by atoms with Crippen molar-refractivity contribution in [1.29, 1.82) is 0 Å². The van der Waals surface area contributed by atoms with E-state index in [-0.39, 0.29) is 29.3 Å². The molecule has 0 saturated carbocycles. The van der Waals surface area contributed by atoms with Gasteiger partial charge in [-0.25, -0.2) is 4.79 Å². The highest BCUT2D eigenvalue weighted by Crippen LogP contribution is 2.30. The van der Waals surface area contributed by atoms with Gasteiger partial charge in [-0.1, -0.05) is 12.1 Å². The number of fused-ring (bicyclic) bond motifs is 1. The highest BCUT2D eigenvalue weighted by Gasteiger charge is 2.13. The Hall–Kier alpha value is -3.58. The molecule has 0 fully saturated rings. The number of Topliss-reactive ketones (excluding diaryl/α,β-unsaturated/α-hetero) is 1. The van der Waals surface area contributed by atoms with E-state index in [1.165, 1.54) is 18.2 Å². The largest absolute Gasteiger partial charge is 0.504 e. The molecule has 0 aromatic heterocycles. The van der Waals surface area contributed by atoms with Gasteiger partial charge in [-0.05, 0) is 78.9 Å². The van der Waals surface area contributed by atoms with Gasteiger partial charge in [0, 0.05) is 12.0 Å². The fraction of sp³-hybridized carbons (Fsp3) is 0.280. The van der Waals surface area contributed by atoms with Crippen LogP contribution >= 0.6 is 0 Å². The van der Waals surface area contributed by atoms with E-state index >= 15 is 0 Å². The molecule has 0 bridgehead atoms. The Morgan fingerprint density at radius 3 is 2.34 bits per heavy atom. The summed E-state index contributed by atoms with van der Waals surface area (Å²) in [6.07, 6.45) is 1.14. The van der Waals surface area contributed by atoms with E-state index in [0.29, 0.717) is 48.1 Å². The number of aromatic carboxylic acids is 1. The fourth-order valence-corrected chi connectivity index (χ4v) is 3.52. The molecule has 0 aliphatic rings. The van der Waals surface area contributed by atoms with Crippen molar-refractivity contribution in [3.63, 3.8) is 0 Å². The molecular formula is C25H26O7. The minimum absolute atomic E-state index is 0.0236. The summed E-state index contributed by atoms with van der Waals surface area (Å²) in [7, 11) is 0. The number of phenolic OH excluding ortho intramolecular Hbond substituents is 2. The molecular weight excluding hydrogens is 412 g/mol. The molecule has 0 radical (unpaired) electrons. The maximum atomic E-state index is 12.5. The molecule has 4 N–H and O–H groups in total. The third-order valence-corrected chi connectivity index (χ3v) is 5.14. The van der Waals surface area contributed by atoms with Gasteiger partial charge in [0.05, 0.1) is 18.3 Å². The van der Waals surface area contributed by atoms with Gasteiger partial charge in [-0.3, -0.25) is 4.79 Å². The number of hydrogen-bond acceptors (Lipinski definition) is 6. The van der Waals surface area contributed by atoms with E-state index in [9.17, 15) is 30.0 Å². The Labute approximate surface area is 185 Å². The monoisotopic (exact) mass is 438 g/mol. The van der Waals surface area contributed by atoms with Crippen molar-refractivity contribution in [2.75, 3.05) is 6.61 Å². The summed E-state index contributed by atoms with van der Waals surface area (Å²) >= 11 is 0. The van der Waals surface area contributed by atoms with Crippen molar-refractivity contribution >= 4 is 22.5 Å². The molecule has 168 valence electrons. The molecule has 3 aromatic carbocycles. The molecule has 0 amide bonds. The second-order valence-electron chi connectivity index (χ2n) is 7.81. The lowest BCUT2D eigenvalue weighted by molar-refractivity contribution is 0.0694. The number of carboxylic acids is 1. The van der Waals surface area contributed by atoms with Crippen LogP contribution in [0.25, 0.3) is 10.8 Å². The third kappa shape index (κ3) is 5.76. The Morgan fingerprint density at radius 1 is 0.938 bits per heavy atom. The number of rotatable bonds is 10. The van der Waals surface area contributed by atoms with Gasteiger partial charge >= 0.3 is 5.97 Å². The first-order valence-electron chi connectivity index (χ1n) is 10.4. The standard InChI is InChI=1S/C25H26O7/c1-15(26)10-19-12-20(7-8-21(19)25(30)31)32-9-3-2-4-22(27)17-6-5-16-13-23(28)24(29)14-18(16)11-17/h5-8,11-15,26,28-29H,2-4,9-10H2,1H3,(H,30,31). The molecule has 0 aliphatic carbocycles. The number of aromatic hydroxyl groups is 2. The number of benzene rings is 3. The molecule has 3 aromatic rings. The quantitative estimate of drug-likeness (QED) is 0.211. The van der Waals surface area contributed by atoms with Crippen molar-refractivity contribution in [2.24, 2.45) is 0 Å². The molecule has 0 aliphatic heterocycles. The first-order valence-corrected chi connectivity index (χ1v) is 10.4. The van der Waals surface area contributed by atoms with Gasteiger partial charge in [0.25, 0.3) is 0 Å². The lowest BCUT2D eigenvalue weighted by Gasteiger charge is -2.12. The number of ether oxygens (including phenoxy) is 1. The molecule has 0 heterocycles. The van der Waals surface area contributed by atoms with Gasteiger partial charge in [-0.2, -0.15) is 0 Å². The van der Waals surface area contributed by atoms with Gasteiger partial charge < -0.3 is 25.2 Å². The van der Waals surface area contributed by atoms with Crippen LogP contribution in [0, 0.1) is 0 Å². The maximum Gasteiger partial charge on any atom is 0.335 e. The van der Waals surface area contributed by atoms with Crippen LogP contribution in [0.5, 0.6) is 17.2 Å². The van der Waals surface area contributed by atoms with Crippen LogP contribution in [-0.2, 0) is 6.42 Å². The maximum absolute atomic E-state index is 12.5. The minimum atomic E-state index is -1.05. The number of ketones is 1. The zero-order chi connectivity index (χ0) is 23.3. The van der Waals surface area contributed by atoms with Crippen LogP contribution in [0.2, 0.25) is 0 Å². The minimum Gasteiger partial charge on any atom is -0.504 e. The van der Waals surface area contributed by atoms with Crippen LogP contribution in [0.3, 0.4) is 0 Å². The van der Waals surface area contributed by atoms with Gasteiger partial charge in [0.1, 0.15) is 5.75 Å². The molecule has 0 saturated heterocycles. The Bertz CT molecular complexity index is 1130. The third-order valence-electron chi connectivity index (χ3n) is 5.14. The molecule has 3 rings (SSSR count). The van der Waals surface area contributed by atoms with E-state index in [1.807, 2.05) is 0 Å². The van der Waals surface area contributed by atoms with Crippen molar-refractivity contribution in [3.8, 4) is 17.2 Å². The second-order valence-corrected chi connectivity index (χ2v) is 7.81. The van der Waals surface area contributed by atoms with Crippen molar-refractivity contribution in [2.45, 2.75) is 38.7 Å². The number of aliphatic hydroxyl groups is 1. The average Bonchev–Trinajstić information content (AvgIpc) is 2.73. The SMILES string of the molecule is CC(O)Cc1cc(OCCCCC(=O)c2ccc3cc(O)c(O)cc3c2)ccc1C(=O)O. The topological polar surface area (TPSA) is 124 Å². The number of aliphatic hydroxyl groups excluding tert-OH is 1. The zero-order valence-corrected chi connectivity index (χ0v) is 17.7. The molecule has 32 heavy (non-hydrogen) atoms. The van der Waals surface area contributed by atoms with E-state index in [2.05, 4.69) is 0 Å². The summed E-state index contributed by atoms with van der Waals surface area (Å²) in [6.45, 7) is 1.97. The Morgan fingerprint density at radius 2 is 1.66 bits per heavy atom. The van der Waals surface area contributed by atoms with E-state index < -0.39 is 12.1 Å². The van der Waals surface area contributed by atoms with Gasteiger partial charge in [-0.15, -0.1) is 0 Å². The van der Waals surface area contributed by atoms with Crippen molar-refractivity contribution in [3.05, 3.63) is 65.2 Å². The fourth-order valence-electron chi connectivity index (χ4n) is 3.52. The van der Waals surface area contributed by atoms with Crippen LogP contribution in [0.15, 0.2) is 48.5 Å². The number of unbranched alkanes of at least 4 members (excludes halogenated alkanes) is 1. The highest BCUT2D eigenvalue weighted by atomic mass is 16.5. The summed E-state index contributed by atoms with van der Waals surface area (Å²) in [5, 5.41) is 39.5. The van der Waals surface area contributed by atoms with Gasteiger partial charge in [0.2, 0.25) is 0 Å². The Balaban J connectivity index is 1.52. The van der Waals surface area contributed by atoms with Crippen LogP contribution in [0.1, 0.15) is 52.5 Å². The number of carbonyl (C=O) groups excluding carboxylic acids is 1. The summed E-state index contributed by atoms with van der Waals surface area (Å²) in [5.41, 5.74) is 1.19. The predicted molar refractivity (Wildman–Crippen MR) is 120 cm³/mol. The molecule has 7 nitrogen and oxygen atoms in total. The predicted octanol–water partition coefficient (Wildman–Crippen LogP) is 4.30. The average molecular weight is 438 g/mol. The van der Waals surface area contributed by atoms with Crippen LogP contribution < -0.4 is 4.74 Å². The first-order chi connectivity index (χ1) is 15.2. The van der Waals surface area contributed by atoms with E-state index in [0.717, 1.165) is 5.39 Å². The molecule has 1 atom stereocenters. The summed E-state index contributed by atoms with van der Waals surface area (Å²) in [6, 6.07) is 12.7. The van der Waals surface area contributed by atoms with Crippen molar-refractivity contribution < 1.29 is 34.8 Å². The number of carboxylic acid groups (broad SMARTS) is 1. The lowest BCUT2D eigenvalue weighted by atomic mass is 10.0. The zero-order valence-electron chi connectivity index (χ0n) is 17.7. The first kappa shape index (κ1) is 23.1. The normalized spacial score (nSPS) is 11.9. The summed E-state index contributed by atoms with van der Waals surface area (Å²) in [5.74, 6) is -0.982. The lowest BCUT2D eigenvalue weighted by Crippen LogP contribution is -2.10. The summed E-state index contributed by atoms with van der Waals surface area (Å²) in [4.78, 5) is 23.8. The second kappa shape index (κ2) is 10.2. The summed E-state index contributed by atoms with van der Waals surface area (Å²) < 4.78 is 5.70. The smallest absolute Gasteiger partial charge is 0.335 e. The van der Waals surface area contributed by atoms with E-state index in [4.69, 9.17) is 4.74 Å². The number of hydrogen-bond donors (Lipinski definition) is 4. The highest BCUT2D eigenvalue weighted by molar-refractivity contribution is 6.00. The van der Waals surface area contributed by atoms with Gasteiger partial charge in [0.15, 0.2) is 17.3 Å². The molecule has 7 heteroatoms. The van der Waals surface area contributed by atoms with E-state index in [1.54, 1.807) is 37.3 Å². The van der Waals surface area contributed by atoms with Crippen LogP contribution in [0.4, 0.5) is 0 Å². The molecule has 1 unspecified atom stereocenters. The molecule has 0 spiro atoms. The number of phenols is 2. The number of carbonyl (C=O) groups is 2. The van der Waals surface area contributed by atoms with Crippen molar-refractivity contribution in [1.82, 2.24) is 0 Å².